The average molecular weight is 319 g/mol. The lowest BCUT2D eigenvalue weighted by Crippen LogP contribution is -2.11. The number of rotatable bonds is 14. The van der Waals surface area contributed by atoms with Crippen LogP contribution in [0, 0.1) is 0 Å². The van der Waals surface area contributed by atoms with E-state index in [4.69, 9.17) is 9.94 Å². The average Bonchev–Trinajstić information content (AvgIpc) is 2.60. The molecule has 130 valence electrons. The molecule has 0 radical (unpaired) electrons. The SMILES string of the molecule is CCCCCCCCCCCCOC/C(=N\O)c1ccccc1. The van der Waals surface area contributed by atoms with Crippen LogP contribution in [-0.2, 0) is 4.74 Å². The van der Waals surface area contributed by atoms with Crippen molar-refractivity contribution >= 4 is 5.71 Å². The molecular weight excluding hydrogens is 286 g/mol. The standard InChI is InChI=1S/C20H33NO2/c1-2-3-4-5-6-7-8-9-10-14-17-23-18-20(21-22)19-15-12-11-13-16-19/h11-13,15-16,22H,2-10,14,17-18H2,1H3/b21-20+. The molecule has 0 aliphatic heterocycles. The summed E-state index contributed by atoms with van der Waals surface area (Å²) >= 11 is 0. The van der Waals surface area contributed by atoms with Gasteiger partial charge in [0.1, 0.15) is 5.71 Å². The van der Waals surface area contributed by atoms with Crippen LogP contribution >= 0.6 is 0 Å². The molecule has 0 bridgehead atoms. The topological polar surface area (TPSA) is 41.8 Å². The van der Waals surface area contributed by atoms with Crippen molar-refractivity contribution in [1.82, 2.24) is 0 Å². The molecule has 0 amide bonds. The van der Waals surface area contributed by atoms with Gasteiger partial charge in [0.2, 0.25) is 0 Å². The van der Waals surface area contributed by atoms with Gasteiger partial charge in [-0.2, -0.15) is 0 Å². The Bertz CT molecular complexity index is 403. The summed E-state index contributed by atoms with van der Waals surface area (Å²) in [5.74, 6) is 0. The van der Waals surface area contributed by atoms with E-state index in [0.29, 0.717) is 12.3 Å². The molecule has 0 aliphatic carbocycles. The second kappa shape index (κ2) is 14.3. The Morgan fingerprint density at radius 1 is 0.870 bits per heavy atom. The van der Waals surface area contributed by atoms with Gasteiger partial charge in [-0.1, -0.05) is 100 Å². The summed E-state index contributed by atoms with van der Waals surface area (Å²) in [5, 5.41) is 12.4. The maximum absolute atomic E-state index is 9.06. The molecule has 0 aromatic heterocycles. The summed E-state index contributed by atoms with van der Waals surface area (Å²) < 4.78 is 5.62. The quantitative estimate of drug-likeness (QED) is 0.204. The third-order valence-corrected chi connectivity index (χ3v) is 4.11. The van der Waals surface area contributed by atoms with Gasteiger partial charge in [0.05, 0.1) is 6.61 Å². The normalized spacial score (nSPS) is 11.8. The maximum Gasteiger partial charge on any atom is 0.112 e. The minimum Gasteiger partial charge on any atom is -0.411 e. The molecule has 0 saturated heterocycles. The summed E-state index contributed by atoms with van der Waals surface area (Å²) in [6.45, 7) is 3.37. The zero-order valence-corrected chi connectivity index (χ0v) is 14.7. The van der Waals surface area contributed by atoms with Gasteiger partial charge in [-0.3, -0.25) is 0 Å². The summed E-state index contributed by atoms with van der Waals surface area (Å²) in [5.41, 5.74) is 1.51. The molecule has 3 nitrogen and oxygen atoms in total. The number of benzene rings is 1. The lowest BCUT2D eigenvalue weighted by atomic mass is 10.1. The highest BCUT2D eigenvalue weighted by molar-refractivity contribution is 6.01. The van der Waals surface area contributed by atoms with E-state index >= 15 is 0 Å². The molecule has 0 spiro atoms. The maximum atomic E-state index is 9.06. The highest BCUT2D eigenvalue weighted by Crippen LogP contribution is 2.10. The smallest absolute Gasteiger partial charge is 0.112 e. The van der Waals surface area contributed by atoms with E-state index in [0.717, 1.165) is 18.6 Å². The Labute approximate surface area is 141 Å². The van der Waals surface area contributed by atoms with Crippen molar-refractivity contribution < 1.29 is 9.94 Å². The van der Waals surface area contributed by atoms with E-state index in [1.807, 2.05) is 30.3 Å². The van der Waals surface area contributed by atoms with Crippen molar-refractivity contribution in [3.8, 4) is 0 Å². The molecule has 0 heterocycles. The fraction of sp³-hybridized carbons (Fsp3) is 0.650. The van der Waals surface area contributed by atoms with E-state index < -0.39 is 0 Å². The van der Waals surface area contributed by atoms with Crippen LogP contribution in [0.25, 0.3) is 0 Å². The second-order valence-electron chi connectivity index (χ2n) is 6.15. The van der Waals surface area contributed by atoms with Crippen LogP contribution in [0.3, 0.4) is 0 Å². The van der Waals surface area contributed by atoms with Gasteiger partial charge < -0.3 is 9.94 Å². The van der Waals surface area contributed by atoms with Gasteiger partial charge in [-0.05, 0) is 6.42 Å². The lowest BCUT2D eigenvalue weighted by Gasteiger charge is -2.06. The fourth-order valence-electron chi connectivity index (χ4n) is 2.66. The molecule has 0 atom stereocenters. The molecule has 3 heteroatoms. The largest absolute Gasteiger partial charge is 0.411 e. The third kappa shape index (κ3) is 10.1. The van der Waals surface area contributed by atoms with Gasteiger partial charge >= 0.3 is 0 Å². The lowest BCUT2D eigenvalue weighted by molar-refractivity contribution is 0.163. The van der Waals surface area contributed by atoms with Gasteiger partial charge in [0, 0.05) is 12.2 Å². The zero-order valence-electron chi connectivity index (χ0n) is 14.7. The van der Waals surface area contributed by atoms with Crippen LogP contribution in [0.5, 0.6) is 0 Å². The molecule has 1 aromatic rings. The number of ether oxygens (including phenoxy) is 1. The first-order chi connectivity index (χ1) is 11.4. The monoisotopic (exact) mass is 319 g/mol. The van der Waals surface area contributed by atoms with Crippen molar-refractivity contribution in [2.45, 2.75) is 71.1 Å². The number of unbranched alkanes of at least 4 members (excludes halogenated alkanes) is 9. The van der Waals surface area contributed by atoms with Crippen LogP contribution in [0.15, 0.2) is 35.5 Å². The highest BCUT2D eigenvalue weighted by atomic mass is 16.5. The van der Waals surface area contributed by atoms with Gasteiger partial charge in [0.25, 0.3) is 0 Å². The summed E-state index contributed by atoms with van der Waals surface area (Å²) in [6.07, 6.45) is 13.3. The van der Waals surface area contributed by atoms with E-state index in [1.165, 1.54) is 57.8 Å². The van der Waals surface area contributed by atoms with Crippen LogP contribution in [-0.4, -0.2) is 24.1 Å². The van der Waals surface area contributed by atoms with Gasteiger partial charge in [-0.25, -0.2) is 0 Å². The van der Waals surface area contributed by atoms with E-state index in [1.54, 1.807) is 0 Å². The Morgan fingerprint density at radius 3 is 2.00 bits per heavy atom. The van der Waals surface area contributed by atoms with E-state index in [-0.39, 0.29) is 0 Å². The minimum absolute atomic E-state index is 0.373. The van der Waals surface area contributed by atoms with Gasteiger partial charge in [0.15, 0.2) is 0 Å². The molecular formula is C20H33NO2. The molecule has 1 rings (SSSR count). The third-order valence-electron chi connectivity index (χ3n) is 4.11. The number of hydrogen-bond donors (Lipinski definition) is 1. The first kappa shape index (κ1) is 19.7. The molecule has 1 N–H and O–H groups in total. The van der Waals surface area contributed by atoms with Crippen molar-refractivity contribution in [2.24, 2.45) is 5.16 Å². The zero-order chi connectivity index (χ0) is 16.6. The van der Waals surface area contributed by atoms with Gasteiger partial charge in [-0.15, -0.1) is 0 Å². The van der Waals surface area contributed by atoms with Crippen LogP contribution in [0.2, 0.25) is 0 Å². The number of oxime groups is 1. The van der Waals surface area contributed by atoms with E-state index in [9.17, 15) is 0 Å². The molecule has 1 aromatic carbocycles. The van der Waals surface area contributed by atoms with Crippen molar-refractivity contribution in [2.75, 3.05) is 13.2 Å². The Morgan fingerprint density at radius 2 is 1.43 bits per heavy atom. The molecule has 0 fully saturated rings. The minimum atomic E-state index is 0.373. The molecule has 23 heavy (non-hydrogen) atoms. The van der Waals surface area contributed by atoms with Crippen molar-refractivity contribution in [3.05, 3.63) is 35.9 Å². The molecule has 0 aliphatic rings. The van der Waals surface area contributed by atoms with Crippen LogP contribution in [0.4, 0.5) is 0 Å². The predicted molar refractivity (Wildman–Crippen MR) is 97.4 cm³/mol. The van der Waals surface area contributed by atoms with Crippen molar-refractivity contribution in [1.29, 1.82) is 0 Å². The Kier molecular flexibility index (Phi) is 12.2. The predicted octanol–water partition coefficient (Wildman–Crippen LogP) is 5.80. The Balaban J connectivity index is 1.93. The first-order valence-electron chi connectivity index (χ1n) is 9.22. The molecule has 0 unspecified atom stereocenters. The fourth-order valence-corrected chi connectivity index (χ4v) is 2.66. The number of hydrogen-bond acceptors (Lipinski definition) is 3. The van der Waals surface area contributed by atoms with Crippen molar-refractivity contribution in [3.63, 3.8) is 0 Å². The highest BCUT2D eigenvalue weighted by Gasteiger charge is 2.03. The van der Waals surface area contributed by atoms with Crippen LogP contribution in [0.1, 0.15) is 76.7 Å². The summed E-state index contributed by atoms with van der Waals surface area (Å²) in [7, 11) is 0. The first-order valence-corrected chi connectivity index (χ1v) is 9.22. The number of nitrogens with zero attached hydrogens (tertiary/aromatic N) is 1. The second-order valence-corrected chi connectivity index (χ2v) is 6.15. The van der Waals surface area contributed by atoms with E-state index in [2.05, 4.69) is 12.1 Å². The summed E-state index contributed by atoms with van der Waals surface area (Å²) in [6, 6.07) is 9.67. The summed E-state index contributed by atoms with van der Waals surface area (Å²) in [4.78, 5) is 0. The molecule has 0 saturated carbocycles. The Hall–Kier alpha value is -1.35. The van der Waals surface area contributed by atoms with Crippen LogP contribution < -0.4 is 0 Å².